The molecular formula is C14H22N2O3S. The number of hydrogen-bond donors (Lipinski definition) is 1. The van der Waals surface area contributed by atoms with E-state index in [1.807, 2.05) is 31.4 Å². The van der Waals surface area contributed by atoms with Crippen LogP contribution in [0.25, 0.3) is 0 Å². The van der Waals surface area contributed by atoms with Crippen molar-refractivity contribution in [2.45, 2.75) is 26.3 Å². The summed E-state index contributed by atoms with van der Waals surface area (Å²) in [4.78, 5) is 26.2. The van der Waals surface area contributed by atoms with Crippen molar-refractivity contribution in [2.24, 2.45) is 0 Å². The van der Waals surface area contributed by atoms with Gasteiger partial charge < -0.3 is 10.1 Å². The molecule has 1 unspecified atom stereocenters. The zero-order chi connectivity index (χ0) is 15.0. The Hall–Kier alpha value is -1.40. The highest BCUT2D eigenvalue weighted by Gasteiger charge is 2.16. The van der Waals surface area contributed by atoms with Crippen molar-refractivity contribution < 1.29 is 14.3 Å². The van der Waals surface area contributed by atoms with Gasteiger partial charge in [0.1, 0.15) is 0 Å². The molecule has 0 saturated heterocycles. The van der Waals surface area contributed by atoms with E-state index in [-0.39, 0.29) is 31.0 Å². The number of ether oxygens (including phenoxy) is 1. The largest absolute Gasteiger partial charge is 0.468 e. The molecule has 0 aliphatic heterocycles. The summed E-state index contributed by atoms with van der Waals surface area (Å²) in [5, 5.41) is 4.92. The van der Waals surface area contributed by atoms with Crippen LogP contribution in [0.1, 0.15) is 31.2 Å². The van der Waals surface area contributed by atoms with Crippen molar-refractivity contribution >= 4 is 23.2 Å². The zero-order valence-corrected chi connectivity index (χ0v) is 13.0. The second-order valence-electron chi connectivity index (χ2n) is 4.59. The number of nitrogens with one attached hydrogen (secondary N) is 1. The predicted octanol–water partition coefficient (Wildman–Crippen LogP) is 1.81. The number of carbonyl (C=O) groups excluding carboxylic acids is 2. The number of amides is 1. The molecule has 0 radical (unpaired) electrons. The number of esters is 1. The third-order valence-corrected chi connectivity index (χ3v) is 3.89. The van der Waals surface area contributed by atoms with Crippen molar-refractivity contribution in [3.8, 4) is 0 Å². The van der Waals surface area contributed by atoms with Crippen LogP contribution in [0.2, 0.25) is 0 Å². The summed E-state index contributed by atoms with van der Waals surface area (Å²) in [7, 11) is 1.35. The number of methoxy groups -OCH3 is 1. The van der Waals surface area contributed by atoms with Crippen molar-refractivity contribution in [3.05, 3.63) is 22.4 Å². The maximum Gasteiger partial charge on any atom is 0.319 e. The minimum Gasteiger partial charge on any atom is -0.468 e. The fourth-order valence-electron chi connectivity index (χ4n) is 1.88. The Balaban J connectivity index is 2.46. The Morgan fingerprint density at radius 1 is 1.45 bits per heavy atom. The van der Waals surface area contributed by atoms with E-state index in [4.69, 9.17) is 0 Å². The highest BCUT2D eigenvalue weighted by atomic mass is 32.1. The lowest BCUT2D eigenvalue weighted by atomic mass is 10.2. The molecule has 1 amide bonds. The van der Waals surface area contributed by atoms with Gasteiger partial charge in [0.25, 0.3) is 0 Å². The van der Waals surface area contributed by atoms with Crippen molar-refractivity contribution in [1.29, 1.82) is 0 Å². The lowest BCUT2D eigenvalue weighted by molar-refractivity contribution is -0.142. The quantitative estimate of drug-likeness (QED) is 0.744. The van der Waals surface area contributed by atoms with Crippen molar-refractivity contribution in [2.75, 3.05) is 26.7 Å². The molecule has 0 bridgehead atoms. The predicted molar refractivity (Wildman–Crippen MR) is 79.6 cm³/mol. The molecular weight excluding hydrogens is 276 g/mol. The van der Waals surface area contributed by atoms with E-state index in [2.05, 4.69) is 10.1 Å². The molecule has 0 aromatic carbocycles. The number of rotatable bonds is 8. The fraction of sp³-hybridized carbons (Fsp3) is 0.571. The molecule has 1 atom stereocenters. The molecule has 112 valence electrons. The van der Waals surface area contributed by atoms with Crippen LogP contribution in [0, 0.1) is 0 Å². The Bertz CT molecular complexity index is 420. The summed E-state index contributed by atoms with van der Waals surface area (Å²) in [5.41, 5.74) is 0. The highest BCUT2D eigenvalue weighted by molar-refractivity contribution is 7.10. The summed E-state index contributed by atoms with van der Waals surface area (Å²) in [6.07, 6.45) is 0.880. The minimum atomic E-state index is -0.322. The number of carbonyl (C=O) groups is 2. The van der Waals surface area contributed by atoms with Gasteiger partial charge in [-0.15, -0.1) is 11.3 Å². The minimum absolute atomic E-state index is 0.0101. The third kappa shape index (κ3) is 5.71. The summed E-state index contributed by atoms with van der Waals surface area (Å²) in [6.45, 7) is 5.00. The van der Waals surface area contributed by atoms with Gasteiger partial charge in [0.05, 0.1) is 26.2 Å². The first-order valence-electron chi connectivity index (χ1n) is 6.68. The number of thiophene rings is 1. The molecule has 0 fully saturated rings. The number of hydrogen-bond acceptors (Lipinski definition) is 5. The summed E-state index contributed by atoms with van der Waals surface area (Å²) < 4.78 is 4.64. The van der Waals surface area contributed by atoms with Crippen LogP contribution in [-0.2, 0) is 14.3 Å². The molecule has 0 aliphatic rings. The molecule has 1 heterocycles. The lowest BCUT2D eigenvalue weighted by Gasteiger charge is -2.21. The van der Waals surface area contributed by atoms with E-state index in [0.29, 0.717) is 6.54 Å². The van der Waals surface area contributed by atoms with E-state index < -0.39 is 0 Å². The van der Waals surface area contributed by atoms with Gasteiger partial charge in [-0.3, -0.25) is 14.5 Å². The highest BCUT2D eigenvalue weighted by Crippen LogP contribution is 2.17. The van der Waals surface area contributed by atoms with Gasteiger partial charge in [0.2, 0.25) is 5.91 Å². The standard InChI is InChI=1S/C14H22N2O3S/c1-4-7-16(10-14(18)19-3)9-13(17)15-11(2)12-6-5-8-20-12/h5-6,8,11H,4,7,9-10H2,1-3H3,(H,15,17). The number of nitrogens with zero attached hydrogens (tertiary/aromatic N) is 1. The first-order valence-corrected chi connectivity index (χ1v) is 7.56. The van der Waals surface area contributed by atoms with E-state index in [0.717, 1.165) is 11.3 Å². The van der Waals surface area contributed by atoms with Crippen LogP contribution < -0.4 is 5.32 Å². The van der Waals surface area contributed by atoms with E-state index in [1.165, 1.54) is 7.11 Å². The second-order valence-corrected chi connectivity index (χ2v) is 5.57. The molecule has 0 spiro atoms. The maximum atomic E-state index is 12.0. The second kappa shape index (κ2) is 8.71. The first kappa shape index (κ1) is 16.7. The summed E-state index contributed by atoms with van der Waals surface area (Å²) >= 11 is 1.61. The molecule has 20 heavy (non-hydrogen) atoms. The molecule has 1 aromatic rings. The maximum absolute atomic E-state index is 12.0. The van der Waals surface area contributed by atoms with Gasteiger partial charge in [-0.05, 0) is 31.3 Å². The van der Waals surface area contributed by atoms with Crippen LogP contribution in [0.3, 0.4) is 0 Å². The monoisotopic (exact) mass is 298 g/mol. The molecule has 5 nitrogen and oxygen atoms in total. The van der Waals surface area contributed by atoms with Crippen LogP contribution in [0.15, 0.2) is 17.5 Å². The molecule has 1 aromatic heterocycles. The van der Waals surface area contributed by atoms with Gasteiger partial charge in [-0.1, -0.05) is 13.0 Å². The van der Waals surface area contributed by atoms with E-state index >= 15 is 0 Å². The Morgan fingerprint density at radius 2 is 2.20 bits per heavy atom. The van der Waals surface area contributed by atoms with Crippen molar-refractivity contribution in [1.82, 2.24) is 10.2 Å². The lowest BCUT2D eigenvalue weighted by Crippen LogP contribution is -2.41. The van der Waals surface area contributed by atoms with Crippen LogP contribution in [0.5, 0.6) is 0 Å². The van der Waals surface area contributed by atoms with Gasteiger partial charge in [-0.2, -0.15) is 0 Å². The average Bonchev–Trinajstić information content (AvgIpc) is 2.92. The average molecular weight is 298 g/mol. The van der Waals surface area contributed by atoms with Gasteiger partial charge >= 0.3 is 5.97 Å². The zero-order valence-electron chi connectivity index (χ0n) is 12.2. The van der Waals surface area contributed by atoms with Crippen LogP contribution in [0.4, 0.5) is 0 Å². The molecule has 0 saturated carbocycles. The fourth-order valence-corrected chi connectivity index (χ4v) is 2.61. The Kier molecular flexibility index (Phi) is 7.25. The topological polar surface area (TPSA) is 58.6 Å². The van der Waals surface area contributed by atoms with Crippen LogP contribution in [-0.4, -0.2) is 43.5 Å². The smallest absolute Gasteiger partial charge is 0.319 e. The molecule has 0 aliphatic carbocycles. The Morgan fingerprint density at radius 3 is 2.75 bits per heavy atom. The van der Waals surface area contributed by atoms with Gasteiger partial charge in [-0.25, -0.2) is 0 Å². The Labute approximate surface area is 123 Å². The summed E-state index contributed by atoms with van der Waals surface area (Å²) in [5.74, 6) is -0.402. The molecule has 1 rings (SSSR count). The SMILES string of the molecule is CCCN(CC(=O)NC(C)c1cccs1)CC(=O)OC. The van der Waals surface area contributed by atoms with Crippen molar-refractivity contribution in [3.63, 3.8) is 0 Å². The van der Waals surface area contributed by atoms with Crippen LogP contribution >= 0.6 is 11.3 Å². The molecule has 6 heteroatoms. The molecule has 1 N–H and O–H groups in total. The third-order valence-electron chi connectivity index (χ3n) is 2.83. The summed E-state index contributed by atoms with van der Waals surface area (Å²) in [6, 6.07) is 3.95. The van der Waals surface area contributed by atoms with E-state index in [1.54, 1.807) is 16.2 Å². The van der Waals surface area contributed by atoms with Gasteiger partial charge in [0, 0.05) is 4.88 Å². The van der Waals surface area contributed by atoms with E-state index in [9.17, 15) is 9.59 Å². The first-order chi connectivity index (χ1) is 9.56. The van der Waals surface area contributed by atoms with Gasteiger partial charge in [0.15, 0.2) is 0 Å². The normalized spacial score (nSPS) is 12.2.